The summed E-state index contributed by atoms with van der Waals surface area (Å²) in [6, 6.07) is 9.88. The Morgan fingerprint density at radius 2 is 1.87 bits per heavy atom. The maximum absolute atomic E-state index is 13.2. The minimum Gasteiger partial charge on any atom is -0.497 e. The molecule has 1 saturated heterocycles. The van der Waals surface area contributed by atoms with Gasteiger partial charge in [0.25, 0.3) is 5.91 Å². The number of likely N-dealkylation sites (tertiary alicyclic amines) is 1. The molecule has 8 heteroatoms. The number of aliphatic hydroxyl groups excluding tert-OH is 1. The lowest BCUT2D eigenvalue weighted by Crippen LogP contribution is -2.37. The molecular formula is C30H45N3O5. The normalized spacial score (nSPS) is 16.5. The van der Waals surface area contributed by atoms with Crippen LogP contribution in [-0.2, 0) is 0 Å². The highest BCUT2D eigenvalue weighted by Gasteiger charge is 2.29. The summed E-state index contributed by atoms with van der Waals surface area (Å²) in [6.07, 6.45) is 2.76. The van der Waals surface area contributed by atoms with Crippen LogP contribution in [0.1, 0.15) is 59.3 Å². The first-order chi connectivity index (χ1) is 18.3. The number of hydrogen-bond donors (Lipinski definition) is 2. The average Bonchev–Trinajstić information content (AvgIpc) is 3.38. The number of hydrogen-bond acceptors (Lipinski definition) is 7. The summed E-state index contributed by atoms with van der Waals surface area (Å²) in [6.45, 7) is 10.5. The van der Waals surface area contributed by atoms with Crippen molar-refractivity contribution >= 4 is 5.91 Å². The Kier molecular flexibility index (Phi) is 11.2. The van der Waals surface area contributed by atoms with Crippen LogP contribution in [0.15, 0.2) is 30.3 Å². The first-order valence-electron chi connectivity index (χ1n) is 13.6. The lowest BCUT2D eigenvalue weighted by Gasteiger charge is -2.27. The lowest BCUT2D eigenvalue weighted by atomic mass is 9.97. The van der Waals surface area contributed by atoms with Gasteiger partial charge in [-0.25, -0.2) is 0 Å². The number of amides is 1. The third-order valence-electron chi connectivity index (χ3n) is 7.61. The van der Waals surface area contributed by atoms with E-state index in [1.165, 1.54) is 16.7 Å². The number of nitrogens with zero attached hydrogens (tertiary/aromatic N) is 2. The molecule has 38 heavy (non-hydrogen) atoms. The van der Waals surface area contributed by atoms with Crippen molar-refractivity contribution in [3.05, 3.63) is 52.6 Å². The number of nitrogens with one attached hydrogen (secondary N) is 1. The molecule has 0 bridgehead atoms. The fraction of sp³-hybridized carbons (Fsp3) is 0.567. The highest BCUT2D eigenvalue weighted by atomic mass is 16.5. The molecule has 1 aliphatic rings. The van der Waals surface area contributed by atoms with Crippen LogP contribution in [0.5, 0.6) is 17.2 Å². The second kappa shape index (κ2) is 14.4. The number of ether oxygens (including phenoxy) is 3. The van der Waals surface area contributed by atoms with E-state index in [-0.39, 0.29) is 24.6 Å². The summed E-state index contributed by atoms with van der Waals surface area (Å²) in [4.78, 5) is 17.7. The number of aliphatic hydroxyl groups is 1. The van der Waals surface area contributed by atoms with Crippen LogP contribution in [0.2, 0.25) is 0 Å². The first-order valence-corrected chi connectivity index (χ1v) is 13.6. The summed E-state index contributed by atoms with van der Waals surface area (Å²) in [7, 11) is 5.30. The maximum atomic E-state index is 13.2. The van der Waals surface area contributed by atoms with E-state index < -0.39 is 0 Å². The van der Waals surface area contributed by atoms with E-state index in [0.717, 1.165) is 44.6 Å². The Morgan fingerprint density at radius 3 is 2.58 bits per heavy atom. The van der Waals surface area contributed by atoms with Crippen molar-refractivity contribution in [2.75, 3.05) is 60.7 Å². The third-order valence-corrected chi connectivity index (χ3v) is 7.61. The van der Waals surface area contributed by atoms with Crippen molar-refractivity contribution in [3.8, 4) is 17.2 Å². The number of methoxy groups -OCH3 is 2. The van der Waals surface area contributed by atoms with Gasteiger partial charge in [0.15, 0.2) is 0 Å². The topological polar surface area (TPSA) is 83.5 Å². The van der Waals surface area contributed by atoms with Crippen LogP contribution >= 0.6 is 0 Å². The minimum absolute atomic E-state index is 0.0797. The molecule has 1 heterocycles. The van der Waals surface area contributed by atoms with E-state index in [1.807, 2.05) is 19.2 Å². The van der Waals surface area contributed by atoms with Gasteiger partial charge in [0.05, 0.1) is 27.4 Å². The molecular weight excluding hydrogens is 482 g/mol. The fourth-order valence-corrected chi connectivity index (χ4v) is 5.07. The van der Waals surface area contributed by atoms with Crippen LogP contribution in [0.3, 0.4) is 0 Å². The van der Waals surface area contributed by atoms with Crippen molar-refractivity contribution in [2.45, 2.75) is 52.1 Å². The highest BCUT2D eigenvalue weighted by molar-refractivity contribution is 5.95. The molecule has 0 aliphatic carbocycles. The Hall–Kier alpha value is -2.81. The molecule has 2 N–H and O–H groups in total. The lowest BCUT2D eigenvalue weighted by molar-refractivity contribution is 0.0935. The molecule has 2 aromatic carbocycles. The number of carbonyl (C=O) groups excluding carboxylic acids is 1. The Bertz CT molecular complexity index is 1060. The summed E-state index contributed by atoms with van der Waals surface area (Å²) >= 11 is 0. The van der Waals surface area contributed by atoms with Crippen LogP contribution in [0.4, 0.5) is 0 Å². The molecule has 3 rings (SSSR count). The predicted octanol–water partition coefficient (Wildman–Crippen LogP) is 3.97. The zero-order valence-electron chi connectivity index (χ0n) is 23.9. The van der Waals surface area contributed by atoms with E-state index in [9.17, 15) is 4.79 Å². The van der Waals surface area contributed by atoms with E-state index >= 15 is 0 Å². The zero-order chi connectivity index (χ0) is 27.7. The zero-order valence-corrected chi connectivity index (χ0v) is 23.9. The number of unbranched alkanes of at least 4 members (excludes halogenated alkanes) is 1. The van der Waals surface area contributed by atoms with Crippen molar-refractivity contribution in [1.29, 1.82) is 0 Å². The van der Waals surface area contributed by atoms with Gasteiger partial charge in [0.2, 0.25) is 0 Å². The number of likely N-dealkylation sites (N-methyl/N-ethyl adjacent to an activating group) is 1. The minimum atomic E-state index is -0.115. The molecule has 1 amide bonds. The van der Waals surface area contributed by atoms with Crippen molar-refractivity contribution in [3.63, 3.8) is 0 Å². The smallest absolute Gasteiger partial charge is 0.251 e. The molecule has 0 spiro atoms. The monoisotopic (exact) mass is 527 g/mol. The van der Waals surface area contributed by atoms with Gasteiger partial charge in [-0.15, -0.1) is 0 Å². The molecule has 2 atom stereocenters. The number of carbonyl (C=O) groups is 1. The first kappa shape index (κ1) is 29.7. The van der Waals surface area contributed by atoms with Crippen LogP contribution in [-0.4, -0.2) is 87.5 Å². The third kappa shape index (κ3) is 7.85. The molecule has 0 aromatic heterocycles. The van der Waals surface area contributed by atoms with E-state index in [0.29, 0.717) is 30.2 Å². The Morgan fingerprint density at radius 1 is 1.11 bits per heavy atom. The second-order valence-corrected chi connectivity index (χ2v) is 10.2. The second-order valence-electron chi connectivity index (χ2n) is 10.2. The van der Waals surface area contributed by atoms with Gasteiger partial charge < -0.3 is 29.5 Å². The highest BCUT2D eigenvalue weighted by Crippen LogP contribution is 2.32. The van der Waals surface area contributed by atoms with E-state index in [4.69, 9.17) is 19.3 Å². The van der Waals surface area contributed by atoms with Gasteiger partial charge in [-0.1, -0.05) is 6.07 Å². The molecule has 210 valence electrons. The molecule has 1 fully saturated rings. The van der Waals surface area contributed by atoms with Gasteiger partial charge in [-0.3, -0.25) is 9.69 Å². The fourth-order valence-electron chi connectivity index (χ4n) is 5.07. The molecule has 1 aliphatic heterocycles. The largest absolute Gasteiger partial charge is 0.497 e. The SMILES string of the molecule is COc1cc(OCCCCN(C)CCO)cc(C(=O)N[C@@H]2CCN(C(C)c3ccc(OC)c(C)c3C)C2)c1. The van der Waals surface area contributed by atoms with Crippen LogP contribution < -0.4 is 19.5 Å². The van der Waals surface area contributed by atoms with Gasteiger partial charge >= 0.3 is 0 Å². The van der Waals surface area contributed by atoms with Gasteiger partial charge in [-0.05, 0) is 88.5 Å². The van der Waals surface area contributed by atoms with Gasteiger partial charge in [0.1, 0.15) is 17.2 Å². The van der Waals surface area contributed by atoms with Crippen LogP contribution in [0, 0.1) is 13.8 Å². The van der Waals surface area contributed by atoms with Crippen molar-refractivity contribution in [1.82, 2.24) is 15.1 Å². The van der Waals surface area contributed by atoms with Crippen LogP contribution in [0.25, 0.3) is 0 Å². The Balaban J connectivity index is 1.56. The predicted molar refractivity (Wildman–Crippen MR) is 151 cm³/mol. The molecule has 2 aromatic rings. The van der Waals surface area contributed by atoms with Gasteiger partial charge in [0, 0.05) is 43.3 Å². The van der Waals surface area contributed by atoms with E-state index in [1.54, 1.807) is 26.4 Å². The molecule has 1 unspecified atom stereocenters. The number of rotatable bonds is 14. The van der Waals surface area contributed by atoms with Crippen molar-refractivity contribution in [2.24, 2.45) is 0 Å². The summed E-state index contributed by atoms with van der Waals surface area (Å²) in [5.74, 6) is 2.03. The number of benzene rings is 2. The maximum Gasteiger partial charge on any atom is 0.251 e. The molecule has 8 nitrogen and oxygen atoms in total. The van der Waals surface area contributed by atoms with E-state index in [2.05, 4.69) is 42.0 Å². The summed E-state index contributed by atoms with van der Waals surface area (Å²) < 4.78 is 16.8. The standard InChI is InChI=1S/C30H45N3O5/c1-21-22(2)29(37-6)10-9-28(21)23(3)33-13-11-25(20-33)31-30(35)24-17-26(36-5)19-27(18-24)38-16-8-7-12-32(4)14-15-34/h9-10,17-19,23,25,34H,7-8,11-16,20H2,1-6H3,(H,31,35)/t23?,25-/m1/s1. The van der Waals surface area contributed by atoms with Gasteiger partial charge in [-0.2, -0.15) is 0 Å². The molecule has 0 saturated carbocycles. The summed E-state index contributed by atoms with van der Waals surface area (Å²) in [5, 5.41) is 12.2. The Labute approximate surface area is 227 Å². The van der Waals surface area contributed by atoms with Crippen molar-refractivity contribution < 1.29 is 24.1 Å². The average molecular weight is 528 g/mol. The molecule has 0 radical (unpaired) electrons. The summed E-state index contributed by atoms with van der Waals surface area (Å²) in [5.41, 5.74) is 4.26. The quantitative estimate of drug-likeness (QED) is 0.360.